The van der Waals surface area contributed by atoms with E-state index in [4.69, 9.17) is 0 Å². The summed E-state index contributed by atoms with van der Waals surface area (Å²) in [6, 6.07) is 0.450. The van der Waals surface area contributed by atoms with Gasteiger partial charge in [0, 0.05) is 6.04 Å². The van der Waals surface area contributed by atoms with Crippen LogP contribution in [0, 0.1) is 5.92 Å². The van der Waals surface area contributed by atoms with Crippen LogP contribution in [0.4, 0.5) is 0 Å². The maximum absolute atomic E-state index is 11.9. The molecule has 1 unspecified atom stereocenters. The van der Waals surface area contributed by atoms with Crippen molar-refractivity contribution >= 4 is 5.91 Å². The highest BCUT2D eigenvalue weighted by Crippen LogP contribution is 2.23. The van der Waals surface area contributed by atoms with Crippen LogP contribution < -0.4 is 5.32 Å². The van der Waals surface area contributed by atoms with Crippen molar-refractivity contribution in [3.05, 3.63) is 0 Å². The third-order valence-electron chi connectivity index (χ3n) is 3.76. The smallest absolute Gasteiger partial charge is 0.238 e. The predicted molar refractivity (Wildman–Crippen MR) is 64.0 cm³/mol. The molecule has 0 saturated carbocycles. The van der Waals surface area contributed by atoms with Crippen LogP contribution in [0.2, 0.25) is 0 Å². The van der Waals surface area contributed by atoms with Crippen LogP contribution in [0.3, 0.4) is 0 Å². The maximum atomic E-state index is 11.9. The van der Waals surface area contributed by atoms with Crippen LogP contribution in [-0.4, -0.2) is 54.6 Å². The highest BCUT2D eigenvalue weighted by atomic mass is 16.2. The van der Waals surface area contributed by atoms with Gasteiger partial charge < -0.3 is 9.80 Å². The molecule has 2 heterocycles. The molecule has 0 aliphatic carbocycles. The lowest BCUT2D eigenvalue weighted by atomic mass is 10.0. The molecule has 2 saturated heterocycles. The summed E-state index contributed by atoms with van der Waals surface area (Å²) in [4.78, 5) is 16.4. The molecule has 2 rings (SSSR count). The Hall–Kier alpha value is -0.610. The number of amides is 1. The number of piperidine rings is 1. The van der Waals surface area contributed by atoms with Gasteiger partial charge in [-0.3, -0.25) is 10.1 Å². The zero-order valence-corrected chi connectivity index (χ0v) is 10.6. The Morgan fingerprint density at radius 2 is 1.94 bits per heavy atom. The van der Waals surface area contributed by atoms with E-state index in [0.717, 1.165) is 25.9 Å². The average molecular weight is 225 g/mol. The second-order valence-corrected chi connectivity index (χ2v) is 5.41. The minimum absolute atomic E-state index is 0.251. The van der Waals surface area contributed by atoms with Gasteiger partial charge in [-0.05, 0) is 38.9 Å². The number of likely N-dealkylation sites (tertiary alicyclic amines) is 1. The number of hydrogen-bond donors (Lipinski definition) is 1. The minimum Gasteiger partial charge on any atom is -0.323 e. The van der Waals surface area contributed by atoms with Crippen LogP contribution in [0.25, 0.3) is 0 Å². The van der Waals surface area contributed by atoms with E-state index in [2.05, 4.69) is 36.0 Å². The van der Waals surface area contributed by atoms with Gasteiger partial charge >= 0.3 is 0 Å². The molecule has 4 nitrogen and oxygen atoms in total. The maximum Gasteiger partial charge on any atom is 0.238 e. The van der Waals surface area contributed by atoms with Crippen molar-refractivity contribution in [2.24, 2.45) is 5.92 Å². The van der Waals surface area contributed by atoms with Gasteiger partial charge in [0.1, 0.15) is 0 Å². The van der Waals surface area contributed by atoms with Gasteiger partial charge in [-0.2, -0.15) is 0 Å². The van der Waals surface area contributed by atoms with E-state index in [-0.39, 0.29) is 12.1 Å². The van der Waals surface area contributed by atoms with E-state index in [0.29, 0.717) is 18.5 Å². The van der Waals surface area contributed by atoms with Crippen molar-refractivity contribution in [1.82, 2.24) is 15.1 Å². The fourth-order valence-electron chi connectivity index (χ4n) is 2.80. The summed E-state index contributed by atoms with van der Waals surface area (Å²) in [6.45, 7) is 7.10. The Labute approximate surface area is 98.0 Å². The number of hydrogen-bond acceptors (Lipinski definition) is 3. The first kappa shape index (κ1) is 11.9. The summed E-state index contributed by atoms with van der Waals surface area (Å²) in [5.74, 6) is 0.777. The van der Waals surface area contributed by atoms with Gasteiger partial charge in [-0.25, -0.2) is 0 Å². The van der Waals surface area contributed by atoms with Gasteiger partial charge in [-0.1, -0.05) is 13.8 Å². The second kappa shape index (κ2) is 4.72. The summed E-state index contributed by atoms with van der Waals surface area (Å²) in [6.07, 6.45) is 2.49. The average Bonchev–Trinajstić information content (AvgIpc) is 2.62. The first-order valence-electron chi connectivity index (χ1n) is 6.32. The number of rotatable bonds is 2. The van der Waals surface area contributed by atoms with Crippen LogP contribution in [0.1, 0.15) is 26.7 Å². The highest BCUT2D eigenvalue weighted by Gasteiger charge is 2.38. The van der Waals surface area contributed by atoms with Crippen molar-refractivity contribution in [3.63, 3.8) is 0 Å². The minimum atomic E-state index is 0.251. The number of carbonyl (C=O) groups is 1. The fourth-order valence-corrected chi connectivity index (χ4v) is 2.80. The molecular weight excluding hydrogens is 202 g/mol. The number of nitrogens with one attached hydrogen (secondary N) is 1. The standard InChI is InChI=1S/C12H23N3O/c1-9(2)12-13-8-11(16)15(12)10-4-6-14(3)7-5-10/h9-10,12-13H,4-8H2,1-3H3. The molecule has 2 aliphatic heterocycles. The van der Waals surface area contributed by atoms with E-state index in [1.807, 2.05) is 0 Å². The lowest BCUT2D eigenvalue weighted by Gasteiger charge is -2.39. The molecule has 1 N–H and O–H groups in total. The molecule has 1 amide bonds. The van der Waals surface area contributed by atoms with E-state index in [9.17, 15) is 4.79 Å². The Bertz CT molecular complexity index is 259. The van der Waals surface area contributed by atoms with E-state index < -0.39 is 0 Å². The monoisotopic (exact) mass is 225 g/mol. The molecule has 0 spiro atoms. The lowest BCUT2D eigenvalue weighted by molar-refractivity contribution is -0.131. The molecule has 0 bridgehead atoms. The van der Waals surface area contributed by atoms with Crippen molar-refractivity contribution < 1.29 is 4.79 Å². The molecule has 0 aromatic carbocycles. The summed E-state index contributed by atoms with van der Waals surface area (Å²) < 4.78 is 0. The summed E-state index contributed by atoms with van der Waals surface area (Å²) in [5, 5.41) is 3.33. The molecule has 0 radical (unpaired) electrons. The van der Waals surface area contributed by atoms with E-state index in [1.165, 1.54) is 0 Å². The first-order valence-corrected chi connectivity index (χ1v) is 6.32. The third-order valence-corrected chi connectivity index (χ3v) is 3.76. The molecule has 2 aliphatic rings. The van der Waals surface area contributed by atoms with Crippen LogP contribution in [0.15, 0.2) is 0 Å². The van der Waals surface area contributed by atoms with Gasteiger partial charge in [0.15, 0.2) is 0 Å². The molecule has 0 aromatic rings. The quantitative estimate of drug-likeness (QED) is 0.743. The zero-order chi connectivity index (χ0) is 11.7. The van der Waals surface area contributed by atoms with Crippen molar-refractivity contribution in [2.75, 3.05) is 26.7 Å². The number of nitrogens with zero attached hydrogens (tertiary/aromatic N) is 2. The Morgan fingerprint density at radius 1 is 1.31 bits per heavy atom. The summed E-state index contributed by atoms with van der Waals surface area (Å²) in [5.41, 5.74) is 0. The van der Waals surface area contributed by atoms with E-state index in [1.54, 1.807) is 0 Å². The first-order chi connectivity index (χ1) is 7.59. The van der Waals surface area contributed by atoms with Crippen LogP contribution in [-0.2, 0) is 4.79 Å². The topological polar surface area (TPSA) is 35.6 Å². The van der Waals surface area contributed by atoms with E-state index >= 15 is 0 Å². The highest BCUT2D eigenvalue weighted by molar-refractivity contribution is 5.81. The fraction of sp³-hybridized carbons (Fsp3) is 0.917. The summed E-state index contributed by atoms with van der Waals surface area (Å²) >= 11 is 0. The largest absolute Gasteiger partial charge is 0.323 e. The molecule has 2 fully saturated rings. The molecule has 16 heavy (non-hydrogen) atoms. The van der Waals surface area contributed by atoms with Gasteiger partial charge in [0.2, 0.25) is 5.91 Å². The lowest BCUT2D eigenvalue weighted by Crippen LogP contribution is -2.51. The molecular formula is C12H23N3O. The normalized spacial score (nSPS) is 29.4. The van der Waals surface area contributed by atoms with Gasteiger partial charge in [0.25, 0.3) is 0 Å². The SMILES string of the molecule is CC(C)C1NCC(=O)N1C1CCN(C)CC1. The molecule has 1 atom stereocenters. The van der Waals surface area contributed by atoms with Crippen molar-refractivity contribution in [3.8, 4) is 0 Å². The molecule has 0 aromatic heterocycles. The van der Waals surface area contributed by atoms with Crippen molar-refractivity contribution in [1.29, 1.82) is 0 Å². The van der Waals surface area contributed by atoms with Gasteiger partial charge in [0.05, 0.1) is 12.7 Å². The summed E-state index contributed by atoms with van der Waals surface area (Å²) in [7, 11) is 2.15. The zero-order valence-electron chi connectivity index (χ0n) is 10.6. The Kier molecular flexibility index (Phi) is 3.50. The third kappa shape index (κ3) is 2.23. The van der Waals surface area contributed by atoms with Gasteiger partial charge in [-0.15, -0.1) is 0 Å². The Balaban J connectivity index is 2.03. The Morgan fingerprint density at radius 3 is 2.50 bits per heavy atom. The molecule has 4 heteroatoms. The molecule has 92 valence electrons. The van der Waals surface area contributed by atoms with Crippen molar-refractivity contribution in [2.45, 2.75) is 38.9 Å². The predicted octanol–water partition coefficient (Wildman–Crippen LogP) is 0.495. The number of carbonyl (C=O) groups excluding carboxylic acids is 1. The second-order valence-electron chi connectivity index (χ2n) is 5.41. The van der Waals surface area contributed by atoms with Crippen LogP contribution >= 0.6 is 0 Å². The van der Waals surface area contributed by atoms with Crippen LogP contribution in [0.5, 0.6) is 0 Å².